The molecule has 11 heteroatoms. The minimum absolute atomic E-state index is 0.0125. The molecule has 3 aromatic rings. The summed E-state index contributed by atoms with van der Waals surface area (Å²) in [4.78, 5) is 12.7. The number of hydrogen-bond donors (Lipinski definition) is 1. The van der Waals surface area contributed by atoms with Crippen LogP contribution in [0.25, 0.3) is 5.69 Å². The van der Waals surface area contributed by atoms with Crippen LogP contribution in [0, 0.1) is 0 Å². The van der Waals surface area contributed by atoms with Crippen LogP contribution in [-0.2, 0) is 27.5 Å². The molecule has 6 nitrogen and oxygen atoms in total. The Hall–Kier alpha value is -2.85. The van der Waals surface area contributed by atoms with Gasteiger partial charge in [-0.05, 0) is 48.5 Å². The van der Waals surface area contributed by atoms with E-state index in [4.69, 9.17) is 11.6 Å². The Morgan fingerprint density at radius 3 is 2.27 bits per heavy atom. The van der Waals surface area contributed by atoms with Crippen LogP contribution in [0.15, 0.2) is 48.5 Å². The number of nitrogens with zero attached hydrogens (tertiary/aromatic N) is 2. The molecule has 0 spiro atoms. The Morgan fingerprint density at radius 2 is 1.67 bits per heavy atom. The summed E-state index contributed by atoms with van der Waals surface area (Å²) in [5.74, 6) is -1.09. The number of benzene rings is 2. The number of fused-ring (bicyclic) bond motifs is 1. The van der Waals surface area contributed by atoms with E-state index in [-0.39, 0.29) is 22.9 Å². The van der Waals surface area contributed by atoms with Crippen molar-refractivity contribution in [3.05, 3.63) is 75.9 Å². The standard InChI is InChI=1S/C19H13ClF3N3O3S/c20-13-5-7-14(8-6-13)26-17(15-9-30(28,29)10-16(15)25-26)24-18(27)11-1-3-12(4-2-11)19(21,22)23/h1-8H,9-10H2,(H,24,27). The number of anilines is 1. The Balaban J connectivity index is 1.71. The zero-order valence-electron chi connectivity index (χ0n) is 15.1. The monoisotopic (exact) mass is 455 g/mol. The van der Waals surface area contributed by atoms with Crippen LogP contribution in [0.5, 0.6) is 0 Å². The lowest BCUT2D eigenvalue weighted by atomic mass is 10.1. The van der Waals surface area contributed by atoms with E-state index in [1.807, 2.05) is 0 Å². The first kappa shape index (κ1) is 20.4. The van der Waals surface area contributed by atoms with Gasteiger partial charge in [0, 0.05) is 16.1 Å². The molecule has 1 N–H and O–H groups in total. The van der Waals surface area contributed by atoms with Gasteiger partial charge in [-0.15, -0.1) is 0 Å². The number of carbonyl (C=O) groups is 1. The van der Waals surface area contributed by atoms with Gasteiger partial charge in [0.25, 0.3) is 5.91 Å². The molecule has 4 rings (SSSR count). The van der Waals surface area contributed by atoms with Crippen molar-refractivity contribution in [1.82, 2.24) is 9.78 Å². The van der Waals surface area contributed by atoms with Crippen LogP contribution in [0.2, 0.25) is 5.02 Å². The molecule has 0 fully saturated rings. The Morgan fingerprint density at radius 1 is 1.03 bits per heavy atom. The molecule has 1 aliphatic rings. The molecule has 30 heavy (non-hydrogen) atoms. The van der Waals surface area contributed by atoms with Gasteiger partial charge in [0.1, 0.15) is 5.82 Å². The predicted molar refractivity (Wildman–Crippen MR) is 104 cm³/mol. The fourth-order valence-corrected chi connectivity index (χ4v) is 4.75. The summed E-state index contributed by atoms with van der Waals surface area (Å²) in [5.41, 5.74) is 0.311. The smallest absolute Gasteiger partial charge is 0.306 e. The van der Waals surface area contributed by atoms with Gasteiger partial charge in [0.05, 0.1) is 28.5 Å². The van der Waals surface area contributed by atoms with E-state index < -0.39 is 27.5 Å². The molecule has 0 radical (unpaired) electrons. The summed E-state index contributed by atoms with van der Waals surface area (Å²) in [6, 6.07) is 10.2. The van der Waals surface area contributed by atoms with Crippen molar-refractivity contribution in [2.45, 2.75) is 17.7 Å². The van der Waals surface area contributed by atoms with Crippen LogP contribution in [-0.4, -0.2) is 24.1 Å². The first-order chi connectivity index (χ1) is 14.0. The molecule has 0 bridgehead atoms. The second kappa shape index (κ2) is 7.13. The molecule has 0 aliphatic carbocycles. The molecule has 1 aromatic heterocycles. The third-order valence-electron chi connectivity index (χ3n) is 4.57. The fraction of sp³-hybridized carbons (Fsp3) is 0.158. The van der Waals surface area contributed by atoms with Crippen LogP contribution in [0.4, 0.5) is 19.0 Å². The minimum Gasteiger partial charge on any atom is -0.306 e. The van der Waals surface area contributed by atoms with Crippen molar-refractivity contribution < 1.29 is 26.4 Å². The van der Waals surface area contributed by atoms with Gasteiger partial charge < -0.3 is 5.32 Å². The summed E-state index contributed by atoms with van der Waals surface area (Å²) < 4.78 is 63.6. The molecule has 0 saturated carbocycles. The molecule has 0 saturated heterocycles. The average Bonchev–Trinajstić information content (AvgIpc) is 3.14. The fourth-order valence-electron chi connectivity index (χ4n) is 3.13. The van der Waals surface area contributed by atoms with Crippen molar-refractivity contribution in [1.29, 1.82) is 0 Å². The summed E-state index contributed by atoms with van der Waals surface area (Å²) in [7, 11) is -3.39. The average molecular weight is 456 g/mol. The molecule has 1 amide bonds. The van der Waals surface area contributed by atoms with E-state index in [1.165, 1.54) is 4.68 Å². The maximum atomic E-state index is 12.7. The zero-order chi connectivity index (χ0) is 21.7. The highest BCUT2D eigenvalue weighted by Gasteiger charge is 2.34. The van der Waals surface area contributed by atoms with Gasteiger partial charge in [-0.25, -0.2) is 13.1 Å². The largest absolute Gasteiger partial charge is 0.416 e. The number of hydrogen-bond acceptors (Lipinski definition) is 4. The first-order valence-electron chi connectivity index (χ1n) is 8.59. The van der Waals surface area contributed by atoms with E-state index in [9.17, 15) is 26.4 Å². The SMILES string of the molecule is O=C(Nc1c2c(nn1-c1ccc(Cl)cc1)CS(=O)(=O)C2)c1ccc(C(F)(F)F)cc1. The molecule has 2 heterocycles. The van der Waals surface area contributed by atoms with Crippen molar-refractivity contribution in [2.24, 2.45) is 0 Å². The predicted octanol–water partition coefficient (Wildman–Crippen LogP) is 4.23. The second-order valence-electron chi connectivity index (χ2n) is 6.72. The normalized spacial score (nSPS) is 15.1. The van der Waals surface area contributed by atoms with Gasteiger partial charge >= 0.3 is 6.18 Å². The molecular formula is C19H13ClF3N3O3S. The van der Waals surface area contributed by atoms with Crippen molar-refractivity contribution >= 4 is 33.2 Å². The number of sulfone groups is 1. The number of nitrogens with one attached hydrogen (secondary N) is 1. The summed E-state index contributed by atoms with van der Waals surface area (Å²) in [6.45, 7) is 0. The Kier molecular flexibility index (Phi) is 4.86. The lowest BCUT2D eigenvalue weighted by molar-refractivity contribution is -0.137. The lowest BCUT2D eigenvalue weighted by Crippen LogP contribution is -2.17. The van der Waals surface area contributed by atoms with Gasteiger partial charge in [-0.1, -0.05) is 11.6 Å². The number of carbonyl (C=O) groups excluding carboxylic acids is 1. The summed E-state index contributed by atoms with van der Waals surface area (Å²) in [5, 5.41) is 7.39. The molecule has 0 atom stereocenters. The number of amides is 1. The quantitative estimate of drug-likeness (QED) is 0.641. The second-order valence-corrected chi connectivity index (χ2v) is 9.22. The highest BCUT2D eigenvalue weighted by Crippen LogP contribution is 2.34. The highest BCUT2D eigenvalue weighted by molar-refractivity contribution is 7.90. The Labute approximate surface area is 174 Å². The van der Waals surface area contributed by atoms with E-state index in [0.717, 1.165) is 24.3 Å². The number of alkyl halides is 3. The van der Waals surface area contributed by atoms with Crippen LogP contribution in [0.3, 0.4) is 0 Å². The molecular weight excluding hydrogens is 443 g/mol. The topological polar surface area (TPSA) is 81.1 Å². The van der Waals surface area contributed by atoms with Crippen LogP contribution in [0.1, 0.15) is 27.2 Å². The summed E-state index contributed by atoms with van der Waals surface area (Å²) >= 11 is 5.90. The van der Waals surface area contributed by atoms with E-state index in [0.29, 0.717) is 22.0 Å². The number of halogens is 4. The van der Waals surface area contributed by atoms with Crippen molar-refractivity contribution in [3.8, 4) is 5.69 Å². The first-order valence-corrected chi connectivity index (χ1v) is 10.8. The third-order valence-corrected chi connectivity index (χ3v) is 6.26. The highest BCUT2D eigenvalue weighted by atomic mass is 35.5. The maximum absolute atomic E-state index is 12.7. The van der Waals surface area contributed by atoms with Gasteiger partial charge in [-0.3, -0.25) is 4.79 Å². The lowest BCUT2D eigenvalue weighted by Gasteiger charge is -2.12. The molecule has 0 unspecified atom stereocenters. The Bertz CT molecular complexity index is 1240. The molecule has 2 aromatic carbocycles. The van der Waals surface area contributed by atoms with Crippen LogP contribution < -0.4 is 5.32 Å². The number of rotatable bonds is 3. The van der Waals surface area contributed by atoms with Crippen LogP contribution >= 0.6 is 11.6 Å². The van der Waals surface area contributed by atoms with Gasteiger partial charge in [0.15, 0.2) is 9.84 Å². The van der Waals surface area contributed by atoms with Crippen molar-refractivity contribution in [2.75, 3.05) is 5.32 Å². The van der Waals surface area contributed by atoms with E-state index >= 15 is 0 Å². The molecule has 1 aliphatic heterocycles. The maximum Gasteiger partial charge on any atom is 0.416 e. The van der Waals surface area contributed by atoms with Gasteiger partial charge in [0.2, 0.25) is 0 Å². The van der Waals surface area contributed by atoms with Gasteiger partial charge in [-0.2, -0.15) is 18.3 Å². The van der Waals surface area contributed by atoms with E-state index in [1.54, 1.807) is 24.3 Å². The zero-order valence-corrected chi connectivity index (χ0v) is 16.6. The summed E-state index contributed by atoms with van der Waals surface area (Å²) in [6.07, 6.45) is -4.52. The van der Waals surface area contributed by atoms with E-state index in [2.05, 4.69) is 10.4 Å². The third kappa shape index (κ3) is 3.92. The molecule has 156 valence electrons. The minimum atomic E-state index is -4.52. The number of aromatic nitrogens is 2. The van der Waals surface area contributed by atoms with Crippen molar-refractivity contribution in [3.63, 3.8) is 0 Å².